The normalized spacial score (nSPS) is 15.8. The molecule has 0 spiro atoms. The summed E-state index contributed by atoms with van der Waals surface area (Å²) in [5.74, 6) is -1.90. The number of imide groups is 1. The van der Waals surface area contributed by atoms with Crippen LogP contribution in [0.2, 0.25) is 0 Å². The van der Waals surface area contributed by atoms with Crippen molar-refractivity contribution in [1.82, 2.24) is 15.6 Å². The maximum absolute atomic E-state index is 14.1. The first-order valence-corrected chi connectivity index (χ1v) is 9.88. The first-order chi connectivity index (χ1) is 14.9. The first kappa shape index (κ1) is 20.7. The Hall–Kier alpha value is -3.55. The Kier molecular flexibility index (Phi) is 5.54. The van der Waals surface area contributed by atoms with Gasteiger partial charge in [0.1, 0.15) is 23.1 Å². The van der Waals surface area contributed by atoms with Crippen LogP contribution in [0, 0.1) is 17.5 Å². The molecule has 2 aromatic carbocycles. The number of halogens is 3. The van der Waals surface area contributed by atoms with Gasteiger partial charge in [-0.15, -0.1) is 0 Å². The maximum Gasteiger partial charge on any atom is 0.274 e. The highest BCUT2D eigenvalue weighted by Gasteiger charge is 2.27. The zero-order valence-corrected chi connectivity index (χ0v) is 16.7. The molecule has 2 heterocycles. The molecule has 2 amide bonds. The highest BCUT2D eigenvalue weighted by molar-refractivity contribution is 6.15. The number of benzene rings is 2. The summed E-state index contributed by atoms with van der Waals surface area (Å²) in [6, 6.07) is 8.35. The third-order valence-corrected chi connectivity index (χ3v) is 5.54. The van der Waals surface area contributed by atoms with E-state index in [1.165, 1.54) is 24.3 Å². The number of aromatic amines is 1. The van der Waals surface area contributed by atoms with Crippen LogP contribution in [-0.4, -0.2) is 23.8 Å². The lowest BCUT2D eigenvalue weighted by Gasteiger charge is -2.26. The average Bonchev–Trinajstić information content (AvgIpc) is 3.21. The van der Waals surface area contributed by atoms with Crippen LogP contribution in [0.25, 0.3) is 22.2 Å². The highest BCUT2D eigenvalue weighted by Crippen LogP contribution is 2.45. The summed E-state index contributed by atoms with van der Waals surface area (Å²) in [5, 5.41) is 5.26. The van der Waals surface area contributed by atoms with Crippen LogP contribution in [0.4, 0.5) is 13.2 Å². The lowest BCUT2D eigenvalue weighted by Crippen LogP contribution is -2.25. The standard InChI is InChI=1S/C18H14F3N.C5H6N2O2/c19-12-6-4-11(5-7-12)17-16(10-2-1-3-10)14-8-13(20)9-15(21)18(14)22-17;1-6-3-2-4(8)7-5(3)9/h4-10,22H,1-3H2;2H,1H3,(H2,6,7,8,9). The Morgan fingerprint density at radius 3 is 2.23 bits per heavy atom. The van der Waals surface area contributed by atoms with Gasteiger partial charge in [-0.25, -0.2) is 13.2 Å². The third kappa shape index (κ3) is 4.05. The number of likely N-dealkylation sites (N-methyl/N-ethyl adjacent to an activating group) is 1. The second kappa shape index (κ2) is 8.29. The van der Waals surface area contributed by atoms with Crippen LogP contribution in [0.1, 0.15) is 30.7 Å². The highest BCUT2D eigenvalue weighted by atomic mass is 19.1. The van der Waals surface area contributed by atoms with Crippen LogP contribution in [0.5, 0.6) is 0 Å². The van der Waals surface area contributed by atoms with Crippen molar-refractivity contribution in [3.63, 3.8) is 0 Å². The Bertz CT molecular complexity index is 1190. The third-order valence-electron chi connectivity index (χ3n) is 5.54. The Labute approximate surface area is 176 Å². The van der Waals surface area contributed by atoms with E-state index in [2.05, 4.69) is 15.6 Å². The molecule has 2 aliphatic rings. The minimum absolute atomic E-state index is 0.301. The molecule has 0 saturated heterocycles. The summed E-state index contributed by atoms with van der Waals surface area (Å²) in [4.78, 5) is 24.0. The Morgan fingerprint density at radius 2 is 1.71 bits per heavy atom. The van der Waals surface area contributed by atoms with Gasteiger partial charge in [0.05, 0.1) is 11.2 Å². The number of hydrogen-bond donors (Lipinski definition) is 3. The molecule has 0 bridgehead atoms. The number of H-pyrrole nitrogens is 1. The van der Waals surface area contributed by atoms with Crippen LogP contribution in [0.3, 0.4) is 0 Å². The van der Waals surface area contributed by atoms with E-state index in [1.807, 2.05) is 0 Å². The summed E-state index contributed by atoms with van der Waals surface area (Å²) in [5.41, 5.74) is 3.15. The summed E-state index contributed by atoms with van der Waals surface area (Å²) in [6.07, 6.45) is 4.37. The lowest BCUT2D eigenvalue weighted by molar-refractivity contribution is -0.123. The second-order valence-corrected chi connectivity index (χ2v) is 7.48. The molecule has 5 nitrogen and oxygen atoms in total. The minimum atomic E-state index is -0.594. The fourth-order valence-corrected chi connectivity index (χ4v) is 3.80. The van der Waals surface area contributed by atoms with Gasteiger partial charge in [-0.2, -0.15) is 0 Å². The maximum atomic E-state index is 14.1. The average molecular weight is 427 g/mol. The van der Waals surface area contributed by atoms with Crippen molar-refractivity contribution in [2.75, 3.05) is 7.05 Å². The van der Waals surface area contributed by atoms with E-state index in [-0.39, 0.29) is 17.6 Å². The molecule has 3 aromatic rings. The first-order valence-electron chi connectivity index (χ1n) is 9.88. The largest absolute Gasteiger partial charge is 0.384 e. The smallest absolute Gasteiger partial charge is 0.274 e. The molecule has 31 heavy (non-hydrogen) atoms. The zero-order chi connectivity index (χ0) is 22.1. The molecular weight excluding hydrogens is 407 g/mol. The monoisotopic (exact) mass is 427 g/mol. The number of carbonyl (C=O) groups excluding carboxylic acids is 2. The summed E-state index contributed by atoms with van der Waals surface area (Å²) in [7, 11) is 1.59. The van der Waals surface area contributed by atoms with E-state index in [4.69, 9.17) is 0 Å². The van der Waals surface area contributed by atoms with Gasteiger partial charge in [-0.1, -0.05) is 6.42 Å². The van der Waals surface area contributed by atoms with Gasteiger partial charge in [0, 0.05) is 24.6 Å². The number of nitrogens with one attached hydrogen (secondary N) is 3. The molecule has 1 aliphatic carbocycles. The van der Waals surface area contributed by atoms with E-state index in [1.54, 1.807) is 19.2 Å². The van der Waals surface area contributed by atoms with Gasteiger partial charge >= 0.3 is 0 Å². The van der Waals surface area contributed by atoms with Crippen LogP contribution >= 0.6 is 0 Å². The summed E-state index contributed by atoms with van der Waals surface area (Å²) >= 11 is 0. The SMILES string of the molecule is CNC1=CC(=O)NC1=O.Fc1ccc(-c2[nH]c3c(F)cc(F)cc3c2C2CCC2)cc1. The molecule has 1 aliphatic heterocycles. The predicted octanol–water partition coefficient (Wildman–Crippen LogP) is 4.27. The number of aromatic nitrogens is 1. The number of fused-ring (bicyclic) bond motifs is 1. The van der Waals surface area contributed by atoms with Crippen LogP contribution in [-0.2, 0) is 9.59 Å². The topological polar surface area (TPSA) is 74.0 Å². The molecule has 0 unspecified atom stereocenters. The van der Waals surface area contributed by atoms with Crippen molar-refractivity contribution in [2.45, 2.75) is 25.2 Å². The van der Waals surface area contributed by atoms with Gasteiger partial charge in [-0.3, -0.25) is 14.9 Å². The molecule has 5 rings (SSSR count). The number of rotatable bonds is 3. The summed E-state index contributed by atoms with van der Waals surface area (Å²) < 4.78 is 40.8. The van der Waals surface area contributed by atoms with E-state index in [0.717, 1.165) is 42.1 Å². The van der Waals surface area contributed by atoms with Crippen molar-refractivity contribution in [1.29, 1.82) is 0 Å². The summed E-state index contributed by atoms with van der Waals surface area (Å²) in [6.45, 7) is 0. The zero-order valence-electron chi connectivity index (χ0n) is 16.7. The number of amides is 2. The molecule has 0 radical (unpaired) electrons. The van der Waals surface area contributed by atoms with Crippen molar-refractivity contribution >= 4 is 22.7 Å². The lowest BCUT2D eigenvalue weighted by atomic mass is 9.78. The molecule has 160 valence electrons. The van der Waals surface area contributed by atoms with Crippen molar-refractivity contribution < 1.29 is 22.8 Å². The van der Waals surface area contributed by atoms with Gasteiger partial charge in [-0.05, 0) is 60.2 Å². The van der Waals surface area contributed by atoms with Gasteiger partial charge in [0.2, 0.25) is 0 Å². The van der Waals surface area contributed by atoms with Gasteiger partial charge in [0.15, 0.2) is 0 Å². The molecule has 1 aromatic heterocycles. The van der Waals surface area contributed by atoms with E-state index < -0.39 is 11.6 Å². The van der Waals surface area contributed by atoms with Crippen LogP contribution in [0.15, 0.2) is 48.2 Å². The van der Waals surface area contributed by atoms with Crippen LogP contribution < -0.4 is 10.6 Å². The Morgan fingerprint density at radius 1 is 1.00 bits per heavy atom. The molecule has 0 atom stereocenters. The van der Waals surface area contributed by atoms with E-state index >= 15 is 0 Å². The Balaban J connectivity index is 0.000000217. The quantitative estimate of drug-likeness (QED) is 0.547. The van der Waals surface area contributed by atoms with E-state index in [9.17, 15) is 22.8 Å². The molecular formula is C23H20F3N3O2. The van der Waals surface area contributed by atoms with Gasteiger partial charge in [0.25, 0.3) is 11.8 Å². The number of carbonyl (C=O) groups is 2. The fourth-order valence-electron chi connectivity index (χ4n) is 3.80. The van der Waals surface area contributed by atoms with Gasteiger partial charge < -0.3 is 10.3 Å². The molecule has 1 fully saturated rings. The molecule has 8 heteroatoms. The molecule has 3 N–H and O–H groups in total. The van der Waals surface area contributed by atoms with Crippen molar-refractivity contribution in [3.8, 4) is 11.3 Å². The molecule has 1 saturated carbocycles. The van der Waals surface area contributed by atoms with Crippen molar-refractivity contribution in [2.24, 2.45) is 0 Å². The fraction of sp³-hybridized carbons (Fsp3) is 0.217. The minimum Gasteiger partial charge on any atom is -0.384 e. The van der Waals surface area contributed by atoms with E-state index in [0.29, 0.717) is 22.5 Å². The number of hydrogen-bond acceptors (Lipinski definition) is 3. The predicted molar refractivity (Wildman–Crippen MR) is 110 cm³/mol. The van der Waals surface area contributed by atoms with Crippen molar-refractivity contribution in [3.05, 3.63) is 71.2 Å². The second-order valence-electron chi connectivity index (χ2n) is 7.48.